The number of hydrogen-bond donors (Lipinski definition) is 1. The molecule has 0 amide bonds. The van der Waals surface area contributed by atoms with Crippen molar-refractivity contribution in [1.82, 2.24) is 0 Å². The second-order valence-electron chi connectivity index (χ2n) is 4.62. The average molecular weight is 203 g/mol. The Bertz CT molecular complexity index is 339. The smallest absolute Gasteiger partial charge is 0.0387 e. The quantitative estimate of drug-likeness (QED) is 0.734. The molecule has 1 aromatic carbocycles. The molecule has 0 saturated carbocycles. The van der Waals surface area contributed by atoms with Gasteiger partial charge in [0.15, 0.2) is 0 Å². The summed E-state index contributed by atoms with van der Waals surface area (Å²) in [4.78, 5) is 0. The van der Waals surface area contributed by atoms with Crippen LogP contribution >= 0.6 is 0 Å². The van der Waals surface area contributed by atoms with Gasteiger partial charge in [-0.05, 0) is 41.5 Å². The van der Waals surface area contributed by atoms with Crippen LogP contribution in [0, 0.1) is 5.92 Å². The molecule has 82 valence electrons. The Kier molecular flexibility index (Phi) is 3.96. The van der Waals surface area contributed by atoms with E-state index in [0.717, 1.165) is 17.2 Å². The molecule has 0 fully saturated rings. The van der Waals surface area contributed by atoms with Crippen LogP contribution in [0.15, 0.2) is 24.8 Å². The molecule has 1 rings (SSSR count). The van der Waals surface area contributed by atoms with Gasteiger partial charge in [0.25, 0.3) is 0 Å². The molecule has 0 aliphatic carbocycles. The largest absolute Gasteiger partial charge is 0.398 e. The minimum atomic E-state index is 0.587. The van der Waals surface area contributed by atoms with Crippen molar-refractivity contribution in [2.24, 2.45) is 5.92 Å². The van der Waals surface area contributed by atoms with E-state index < -0.39 is 0 Å². The van der Waals surface area contributed by atoms with Gasteiger partial charge >= 0.3 is 0 Å². The Morgan fingerprint density at radius 3 is 2.53 bits per heavy atom. The first-order valence-corrected chi connectivity index (χ1v) is 5.56. The Balaban J connectivity index is 2.90. The molecule has 1 aromatic rings. The molecule has 0 radical (unpaired) electrons. The molecule has 0 unspecified atom stereocenters. The van der Waals surface area contributed by atoms with Crippen LogP contribution in [0.2, 0.25) is 0 Å². The lowest BCUT2D eigenvalue weighted by Crippen LogP contribution is -2.00. The highest BCUT2D eigenvalue weighted by Gasteiger charge is 2.08. The summed E-state index contributed by atoms with van der Waals surface area (Å²) in [6.45, 7) is 10.5. The van der Waals surface area contributed by atoms with Crippen LogP contribution in [0.25, 0.3) is 6.08 Å². The van der Waals surface area contributed by atoms with Crippen molar-refractivity contribution in [2.45, 2.75) is 33.1 Å². The van der Waals surface area contributed by atoms with Gasteiger partial charge in [0.1, 0.15) is 0 Å². The van der Waals surface area contributed by atoms with Crippen LogP contribution in [0.4, 0.5) is 5.69 Å². The third-order valence-electron chi connectivity index (χ3n) is 2.72. The molecule has 0 aromatic heterocycles. The van der Waals surface area contributed by atoms with Gasteiger partial charge in [-0.25, -0.2) is 0 Å². The maximum atomic E-state index is 5.83. The van der Waals surface area contributed by atoms with Crippen molar-refractivity contribution in [3.05, 3.63) is 35.9 Å². The standard InChI is InChI=1S/C14H21N/c1-5-12-9-13(6-7-14(12)15)11(4)8-10(2)3/h5-7,9-11H,1,8,15H2,2-4H3/t11-/m1/s1. The second kappa shape index (κ2) is 5.01. The third kappa shape index (κ3) is 3.12. The first-order valence-electron chi connectivity index (χ1n) is 5.56. The summed E-state index contributed by atoms with van der Waals surface area (Å²) in [5.74, 6) is 1.31. The van der Waals surface area contributed by atoms with Gasteiger partial charge in [-0.2, -0.15) is 0 Å². The van der Waals surface area contributed by atoms with Crippen LogP contribution < -0.4 is 5.73 Å². The predicted molar refractivity (Wildman–Crippen MR) is 68.8 cm³/mol. The molecule has 1 heteroatoms. The molecule has 15 heavy (non-hydrogen) atoms. The molecular weight excluding hydrogens is 182 g/mol. The van der Waals surface area contributed by atoms with Gasteiger partial charge in [0.05, 0.1) is 0 Å². The number of hydrogen-bond acceptors (Lipinski definition) is 1. The molecule has 1 nitrogen and oxygen atoms in total. The van der Waals surface area contributed by atoms with Gasteiger partial charge in [-0.3, -0.25) is 0 Å². The van der Waals surface area contributed by atoms with Gasteiger partial charge < -0.3 is 5.73 Å². The van der Waals surface area contributed by atoms with E-state index in [-0.39, 0.29) is 0 Å². The number of rotatable bonds is 4. The Hall–Kier alpha value is -1.24. The second-order valence-corrected chi connectivity index (χ2v) is 4.62. The Labute approximate surface area is 93.0 Å². The molecule has 0 bridgehead atoms. The van der Waals surface area contributed by atoms with E-state index in [0.29, 0.717) is 5.92 Å². The van der Waals surface area contributed by atoms with Crippen molar-refractivity contribution in [2.75, 3.05) is 5.73 Å². The SMILES string of the molecule is C=Cc1cc([C@H](C)CC(C)C)ccc1N. The van der Waals surface area contributed by atoms with E-state index in [9.17, 15) is 0 Å². The Morgan fingerprint density at radius 2 is 2.00 bits per heavy atom. The van der Waals surface area contributed by atoms with Crippen molar-refractivity contribution in [3.63, 3.8) is 0 Å². The van der Waals surface area contributed by atoms with E-state index in [1.54, 1.807) is 0 Å². The summed E-state index contributed by atoms with van der Waals surface area (Å²) in [6.07, 6.45) is 3.03. The van der Waals surface area contributed by atoms with E-state index in [1.165, 1.54) is 12.0 Å². The molecule has 2 N–H and O–H groups in total. The lowest BCUT2D eigenvalue weighted by Gasteiger charge is -2.15. The van der Waals surface area contributed by atoms with E-state index >= 15 is 0 Å². The summed E-state index contributed by atoms with van der Waals surface area (Å²) in [5.41, 5.74) is 9.04. The molecule has 0 heterocycles. The van der Waals surface area contributed by atoms with Crippen LogP contribution in [0.1, 0.15) is 44.2 Å². The van der Waals surface area contributed by atoms with Gasteiger partial charge in [0.2, 0.25) is 0 Å². The van der Waals surface area contributed by atoms with E-state index in [4.69, 9.17) is 5.73 Å². The highest BCUT2D eigenvalue weighted by molar-refractivity contribution is 5.64. The van der Waals surface area contributed by atoms with Crippen LogP contribution in [0.5, 0.6) is 0 Å². The number of nitrogen functional groups attached to an aromatic ring is 1. The molecule has 0 aliphatic heterocycles. The molecule has 1 atom stereocenters. The predicted octanol–water partition coefficient (Wildman–Crippen LogP) is 4.06. The highest BCUT2D eigenvalue weighted by atomic mass is 14.6. The van der Waals surface area contributed by atoms with Crippen molar-refractivity contribution >= 4 is 11.8 Å². The fraction of sp³-hybridized carbons (Fsp3) is 0.429. The lowest BCUT2D eigenvalue weighted by molar-refractivity contribution is 0.524. The topological polar surface area (TPSA) is 26.0 Å². The summed E-state index contributed by atoms with van der Waals surface area (Å²) >= 11 is 0. The fourth-order valence-corrected chi connectivity index (χ4v) is 1.92. The first kappa shape index (κ1) is 11.8. The summed E-state index contributed by atoms with van der Waals surface area (Å²) in [7, 11) is 0. The van der Waals surface area contributed by atoms with Crippen LogP contribution in [-0.4, -0.2) is 0 Å². The van der Waals surface area contributed by atoms with Gasteiger partial charge in [0, 0.05) is 5.69 Å². The van der Waals surface area contributed by atoms with Crippen molar-refractivity contribution < 1.29 is 0 Å². The maximum Gasteiger partial charge on any atom is 0.0387 e. The van der Waals surface area contributed by atoms with Gasteiger partial charge in [-0.15, -0.1) is 0 Å². The molecule has 0 saturated heterocycles. The minimum absolute atomic E-state index is 0.587. The minimum Gasteiger partial charge on any atom is -0.398 e. The van der Waals surface area contributed by atoms with E-state index in [1.807, 2.05) is 12.1 Å². The molecule has 0 spiro atoms. The maximum absolute atomic E-state index is 5.83. The summed E-state index contributed by atoms with van der Waals surface area (Å²) in [6, 6.07) is 6.24. The fourth-order valence-electron chi connectivity index (χ4n) is 1.92. The normalized spacial score (nSPS) is 12.8. The zero-order valence-electron chi connectivity index (χ0n) is 9.96. The molecular formula is C14H21N. The molecule has 0 aliphatic rings. The lowest BCUT2D eigenvalue weighted by atomic mass is 9.91. The third-order valence-corrected chi connectivity index (χ3v) is 2.72. The monoisotopic (exact) mass is 203 g/mol. The zero-order valence-corrected chi connectivity index (χ0v) is 9.96. The highest BCUT2D eigenvalue weighted by Crippen LogP contribution is 2.26. The van der Waals surface area contributed by atoms with E-state index in [2.05, 4.69) is 39.5 Å². The summed E-state index contributed by atoms with van der Waals surface area (Å²) in [5, 5.41) is 0. The summed E-state index contributed by atoms with van der Waals surface area (Å²) < 4.78 is 0. The van der Waals surface area contributed by atoms with Crippen molar-refractivity contribution in [3.8, 4) is 0 Å². The number of nitrogens with two attached hydrogens (primary N) is 1. The first-order chi connectivity index (χ1) is 7.04. The number of anilines is 1. The van der Waals surface area contributed by atoms with Crippen LogP contribution in [-0.2, 0) is 0 Å². The average Bonchev–Trinajstić information content (AvgIpc) is 2.17. The van der Waals surface area contributed by atoms with Crippen molar-refractivity contribution in [1.29, 1.82) is 0 Å². The van der Waals surface area contributed by atoms with Crippen LogP contribution in [0.3, 0.4) is 0 Å². The zero-order chi connectivity index (χ0) is 11.4. The Morgan fingerprint density at radius 1 is 1.33 bits per heavy atom. The number of benzene rings is 1. The van der Waals surface area contributed by atoms with Gasteiger partial charge in [-0.1, -0.05) is 39.5 Å².